The van der Waals surface area contributed by atoms with Crippen LogP contribution in [0, 0.1) is 0 Å². The van der Waals surface area contributed by atoms with Gasteiger partial charge < -0.3 is 147 Å². The minimum absolute atomic E-state index is 0.183. The quantitative estimate of drug-likeness (QED) is 0.0367. The normalized spacial score (nSPS) is 32.6. The number of alkyl halides is 1. The summed E-state index contributed by atoms with van der Waals surface area (Å²) in [5.74, 6) is -20.9. The van der Waals surface area contributed by atoms with E-state index in [2.05, 4.69) is 0 Å². The van der Waals surface area contributed by atoms with Gasteiger partial charge in [0.15, 0.2) is 148 Å². The maximum atomic E-state index is 13.4. The van der Waals surface area contributed by atoms with Crippen molar-refractivity contribution in [2.75, 3.05) is 52.1 Å². The highest BCUT2D eigenvalue weighted by Crippen LogP contribution is 2.40. The summed E-state index contributed by atoms with van der Waals surface area (Å²) in [5.41, 5.74) is 0. The molecule has 6 aliphatic heterocycles. The van der Waals surface area contributed by atoms with E-state index >= 15 is 0 Å². The largest absolute Gasteiger partial charge is 0.463 e. The van der Waals surface area contributed by atoms with E-state index in [1.54, 1.807) is 0 Å². The van der Waals surface area contributed by atoms with Crippen LogP contribution in [-0.2, 0) is 238 Å². The molecule has 0 saturated carbocycles. The molecule has 0 bridgehead atoms. The van der Waals surface area contributed by atoms with Crippen molar-refractivity contribution in [2.24, 2.45) is 0 Å². The van der Waals surface area contributed by atoms with Crippen molar-refractivity contribution in [1.82, 2.24) is 0 Å². The molecule has 0 radical (unpaired) electrons. The van der Waals surface area contributed by atoms with E-state index in [0.717, 1.165) is 132 Å². The number of esters is 19. The molecule has 0 aromatic rings. The second-order valence-corrected chi connectivity index (χ2v) is 29.0. The third-order valence-electron chi connectivity index (χ3n) is 17.9. The third-order valence-corrected chi connectivity index (χ3v) is 18.1. The lowest BCUT2D eigenvalue weighted by Gasteiger charge is -2.48. The van der Waals surface area contributed by atoms with E-state index < -0.39 is 337 Å². The number of ether oxygens (including phenoxy) is 31. The molecule has 51 heteroatoms. The third kappa shape index (κ3) is 32.2. The first kappa shape index (κ1) is 106. The molecule has 127 heavy (non-hydrogen) atoms. The summed E-state index contributed by atoms with van der Waals surface area (Å²) in [5, 5.41) is 0. The Morgan fingerprint density at radius 1 is 0.173 bits per heavy atom. The van der Waals surface area contributed by atoms with Gasteiger partial charge in [0.2, 0.25) is 0 Å². The number of carbonyl (C=O) groups is 19. The van der Waals surface area contributed by atoms with Crippen LogP contribution in [0.5, 0.6) is 0 Å². The highest BCUT2D eigenvalue weighted by molar-refractivity contribution is 6.18. The van der Waals surface area contributed by atoms with E-state index in [4.69, 9.17) is 158 Å². The predicted octanol–water partition coefficient (Wildman–Crippen LogP) is -1.99. The van der Waals surface area contributed by atoms with Crippen LogP contribution >= 0.6 is 11.6 Å². The van der Waals surface area contributed by atoms with Crippen LogP contribution in [0.25, 0.3) is 0 Å². The smallest absolute Gasteiger partial charge is 0.303 e. The summed E-state index contributed by atoms with van der Waals surface area (Å²) >= 11 is 5.96. The van der Waals surface area contributed by atoms with Gasteiger partial charge in [-0.3, -0.25) is 91.1 Å². The Balaban J connectivity index is 1.46. The molecule has 30 atom stereocenters. The van der Waals surface area contributed by atoms with Gasteiger partial charge in [0.25, 0.3) is 0 Å². The summed E-state index contributed by atoms with van der Waals surface area (Å²) in [6.07, 6.45) is -58.2. The summed E-state index contributed by atoms with van der Waals surface area (Å²) in [7, 11) is 0. The van der Waals surface area contributed by atoms with Crippen molar-refractivity contribution in [3.8, 4) is 0 Å². The predicted molar refractivity (Wildman–Crippen MR) is 395 cm³/mol. The summed E-state index contributed by atoms with van der Waals surface area (Å²) in [4.78, 5) is 248. The topological polar surface area (TPSA) is 610 Å². The first-order valence-electron chi connectivity index (χ1n) is 39.0. The van der Waals surface area contributed by atoms with Gasteiger partial charge in [0.05, 0.1) is 39.6 Å². The van der Waals surface area contributed by atoms with Gasteiger partial charge in [0, 0.05) is 137 Å². The van der Waals surface area contributed by atoms with Crippen LogP contribution in [0.1, 0.15) is 132 Å². The summed E-state index contributed by atoms with van der Waals surface area (Å²) in [6, 6.07) is 0. The minimum atomic E-state index is -2.23. The van der Waals surface area contributed by atoms with E-state index in [0.29, 0.717) is 0 Å². The standard InChI is InChI=1S/C76H103ClO50/c1-28(78)98-22-47-53(104-29(2)79)60(111-36(9)86)66(117-42(15)92)72(123-47)100-24-49-55(106-31(4)81)62(113-38(11)88)68(119-44(17)94)74(125-49)102-26-51-57(108-33(6)83)64(115-40(13)90)70(121-46(19)96)76(127-51)103-27-52-58(109-34(7)84)63(114-39(12)89)69(120-45(18)95)75(126-52)101-25-50-56(107-32(5)82)61(112-37(10)87)67(118-43(16)93)73(124-50)99-23-48-54(105-30(3)80)59(110-35(8)85)65(116-41(14)91)71(122-48)97-21-20-77/h47-76H,20-27H2,1-19H3/t47-,48-,49-,50-,51-,52-,53-,54-,55-,56-,57-,58-,59+,60+,61+,62+,63+,64+,65-,66-,67-,68-,69-,70-,71-,72-,73-,74-,75-,76-/m1/s1. The molecule has 6 saturated heterocycles. The monoisotopic (exact) mass is 1850 g/mol. The summed E-state index contributed by atoms with van der Waals surface area (Å²) < 4.78 is 182. The van der Waals surface area contributed by atoms with Crippen molar-refractivity contribution in [3.05, 3.63) is 0 Å². The first-order valence-corrected chi connectivity index (χ1v) is 39.5. The second-order valence-electron chi connectivity index (χ2n) is 28.6. The molecule has 0 N–H and O–H groups in total. The Morgan fingerprint density at radius 2 is 0.299 bits per heavy atom. The van der Waals surface area contributed by atoms with Gasteiger partial charge in [-0.25, -0.2) is 0 Å². The van der Waals surface area contributed by atoms with Gasteiger partial charge in [0.1, 0.15) is 43.2 Å². The van der Waals surface area contributed by atoms with E-state index in [1.165, 1.54) is 0 Å². The van der Waals surface area contributed by atoms with Crippen molar-refractivity contribution in [2.45, 2.75) is 316 Å². The number of hydrogen-bond acceptors (Lipinski definition) is 50. The molecule has 0 unspecified atom stereocenters. The SMILES string of the molecule is CC(=O)OC[C@H]1O[C@@H](OC[C@H]2O[C@@H](OC[C@H]3O[C@@H](OC[C@H]4O[C@@H](OC[C@H]5O[C@@H](OC[C@H]6O[C@@H](OCCCl)[C@H](OC(C)=O)[C@@H](OC(C)=O)[C@@H]6OC(C)=O)[C@H](OC(C)=O)[C@@H](OC(C)=O)[C@@H]5OC(C)=O)[C@H](OC(C)=O)[C@@H](OC(C)=O)[C@@H]4OC(C)=O)[C@H](OC(C)=O)[C@@H](OC(C)=O)[C@@H]3OC(C)=O)[C@H](OC(C)=O)[C@@H](OC(C)=O)[C@@H]2OC(C)=O)[C@H](OC(C)=O)[C@@H](OC(C)=O)[C@@H]1OC(C)=O. The molecule has 50 nitrogen and oxygen atoms in total. The summed E-state index contributed by atoms with van der Waals surface area (Å²) in [6.45, 7) is 11.1. The maximum Gasteiger partial charge on any atom is 0.303 e. The lowest BCUT2D eigenvalue weighted by atomic mass is 9.96. The minimum Gasteiger partial charge on any atom is -0.463 e. The number of carbonyl (C=O) groups excluding carboxylic acids is 19. The van der Waals surface area contributed by atoms with E-state index in [-0.39, 0.29) is 12.5 Å². The van der Waals surface area contributed by atoms with Crippen LogP contribution in [0.3, 0.4) is 0 Å². The molecule has 0 amide bonds. The molecule has 0 aliphatic carbocycles. The fourth-order valence-electron chi connectivity index (χ4n) is 14.0. The van der Waals surface area contributed by atoms with E-state index in [1.807, 2.05) is 0 Å². The zero-order valence-electron chi connectivity index (χ0n) is 72.3. The average molecular weight is 1850 g/mol. The fourth-order valence-corrected chi connectivity index (χ4v) is 14.1. The lowest BCUT2D eigenvalue weighted by Crippen LogP contribution is -2.66. The Kier molecular flexibility index (Phi) is 41.0. The van der Waals surface area contributed by atoms with Crippen molar-refractivity contribution in [3.63, 3.8) is 0 Å². The molecule has 6 fully saturated rings. The molecule has 6 heterocycles. The molecule has 0 aromatic carbocycles. The molecule has 714 valence electrons. The molecule has 6 aliphatic rings. The van der Waals surface area contributed by atoms with Gasteiger partial charge in [-0.05, 0) is 0 Å². The Bertz CT molecular complexity index is 3860. The van der Waals surface area contributed by atoms with Gasteiger partial charge in [-0.1, -0.05) is 0 Å². The van der Waals surface area contributed by atoms with Crippen molar-refractivity contribution >= 4 is 125 Å². The molecule has 0 spiro atoms. The maximum absolute atomic E-state index is 13.4. The van der Waals surface area contributed by atoms with Gasteiger partial charge >= 0.3 is 113 Å². The van der Waals surface area contributed by atoms with Crippen LogP contribution in [-0.4, -0.2) is 350 Å². The zero-order chi connectivity index (χ0) is 94.9. The first-order chi connectivity index (χ1) is 59.5. The molecular weight excluding hydrogens is 1750 g/mol. The lowest BCUT2D eigenvalue weighted by molar-refractivity contribution is -0.354. The van der Waals surface area contributed by atoms with Crippen LogP contribution < -0.4 is 0 Å². The highest BCUT2D eigenvalue weighted by atomic mass is 35.5. The van der Waals surface area contributed by atoms with Gasteiger partial charge in [-0.15, -0.1) is 11.6 Å². The van der Waals surface area contributed by atoms with Crippen LogP contribution in [0.15, 0.2) is 0 Å². The second kappa shape index (κ2) is 49.3. The Labute approximate surface area is 728 Å². The molecule has 0 aromatic heterocycles. The van der Waals surface area contributed by atoms with Crippen LogP contribution in [0.2, 0.25) is 0 Å². The van der Waals surface area contributed by atoms with E-state index in [9.17, 15) is 91.1 Å². The Hall–Kier alpha value is -10.3. The molecule has 6 rings (SSSR count). The zero-order valence-corrected chi connectivity index (χ0v) is 73.0. The highest BCUT2D eigenvalue weighted by Gasteiger charge is 2.62. The Morgan fingerprint density at radius 3 is 0.433 bits per heavy atom. The number of hydrogen-bond donors (Lipinski definition) is 0. The van der Waals surface area contributed by atoms with Crippen LogP contribution in [0.4, 0.5) is 0 Å². The fraction of sp³-hybridized carbons (Fsp3) is 0.750. The molecular formula is C76H103ClO50. The van der Waals surface area contributed by atoms with Crippen molar-refractivity contribution in [1.29, 1.82) is 0 Å². The number of halogens is 1. The van der Waals surface area contributed by atoms with Crippen molar-refractivity contribution < 1.29 is 238 Å². The average Bonchev–Trinajstić information content (AvgIpc) is 0.781. The van der Waals surface area contributed by atoms with Gasteiger partial charge in [-0.2, -0.15) is 0 Å². The number of rotatable bonds is 38.